The van der Waals surface area contributed by atoms with Gasteiger partial charge in [0.15, 0.2) is 0 Å². The molecule has 1 aliphatic heterocycles. The minimum Gasteiger partial charge on any atom is -0.428 e. The summed E-state index contributed by atoms with van der Waals surface area (Å²) >= 11 is 0. The lowest BCUT2D eigenvalue weighted by Gasteiger charge is -2.39. The first-order valence-corrected chi connectivity index (χ1v) is 8.25. The minimum absolute atomic E-state index is 0. The van der Waals surface area contributed by atoms with Crippen molar-refractivity contribution in [3.8, 4) is 5.75 Å². The molecule has 2 atom stereocenters. The molecule has 0 spiro atoms. The summed E-state index contributed by atoms with van der Waals surface area (Å²) in [6.07, 6.45) is -7.53. The number of halogens is 6. The average molecular weight is 421 g/mol. The largest absolute Gasteiger partial charge is 0.461 e. The van der Waals surface area contributed by atoms with E-state index in [4.69, 9.17) is 0 Å². The van der Waals surface area contributed by atoms with Crippen LogP contribution in [-0.2, 0) is 0 Å². The molecule has 1 N–H and O–H groups in total. The van der Waals surface area contributed by atoms with E-state index in [1.807, 2.05) is 13.8 Å². The van der Waals surface area contributed by atoms with Crippen LogP contribution in [0.3, 0.4) is 0 Å². The molecule has 1 saturated heterocycles. The Morgan fingerprint density at radius 2 is 1.73 bits per heavy atom. The van der Waals surface area contributed by atoms with Gasteiger partial charge in [0.1, 0.15) is 5.75 Å². The molecule has 0 amide bonds. The molecule has 1 unspecified atom stereocenters. The van der Waals surface area contributed by atoms with Crippen molar-refractivity contribution in [1.82, 2.24) is 10.2 Å². The van der Waals surface area contributed by atoms with Crippen molar-refractivity contribution in [2.45, 2.75) is 38.8 Å². The standard InChI is InChI=1S/C17H24F4N2O.2ClH/c1-3-12(2)15(23-10-8-22-9-11-23)13-6-4-5-7-14(13)24-17(20,21)16(18)19;;/h4-7,12,15-16,22H,3,8-11H2,1-2H3;2*1H/t12?,15-;;/m1../s1. The molecule has 0 saturated carbocycles. The number of alkyl halides is 4. The van der Waals surface area contributed by atoms with E-state index in [1.165, 1.54) is 12.1 Å². The second-order valence-corrected chi connectivity index (χ2v) is 6.12. The number of nitrogens with one attached hydrogen (secondary N) is 1. The molecule has 1 aromatic carbocycles. The molecular weight excluding hydrogens is 395 g/mol. The van der Waals surface area contributed by atoms with E-state index < -0.39 is 12.5 Å². The Balaban J connectivity index is 0.00000312. The fourth-order valence-corrected chi connectivity index (χ4v) is 3.06. The van der Waals surface area contributed by atoms with Gasteiger partial charge in [0.25, 0.3) is 0 Å². The van der Waals surface area contributed by atoms with E-state index >= 15 is 0 Å². The van der Waals surface area contributed by atoms with Crippen LogP contribution in [0, 0.1) is 5.92 Å². The molecule has 152 valence electrons. The maximum absolute atomic E-state index is 13.4. The van der Waals surface area contributed by atoms with Gasteiger partial charge in [0.05, 0.1) is 0 Å². The SMILES string of the molecule is CCC(C)[C@H](c1ccccc1OC(F)(F)C(F)F)N1CCNCC1.Cl.Cl. The summed E-state index contributed by atoms with van der Waals surface area (Å²) in [4.78, 5) is 2.20. The minimum atomic E-state index is -4.50. The fraction of sp³-hybridized carbons (Fsp3) is 0.647. The molecule has 0 bridgehead atoms. The van der Waals surface area contributed by atoms with E-state index in [2.05, 4.69) is 15.0 Å². The lowest BCUT2D eigenvalue weighted by molar-refractivity contribution is -0.253. The molecule has 1 aliphatic rings. The number of hydrogen-bond acceptors (Lipinski definition) is 3. The summed E-state index contributed by atoms with van der Waals surface area (Å²) in [6, 6.07) is 6.12. The smallest absolute Gasteiger partial charge is 0.428 e. The van der Waals surface area contributed by atoms with E-state index in [-0.39, 0.29) is 42.5 Å². The van der Waals surface area contributed by atoms with Crippen LogP contribution in [0.15, 0.2) is 24.3 Å². The number of piperazine rings is 1. The van der Waals surface area contributed by atoms with Crippen LogP contribution in [0.4, 0.5) is 17.6 Å². The first-order valence-electron chi connectivity index (χ1n) is 8.25. The van der Waals surface area contributed by atoms with Crippen molar-refractivity contribution < 1.29 is 22.3 Å². The summed E-state index contributed by atoms with van der Waals surface area (Å²) in [5.74, 6) is -0.000319. The third kappa shape index (κ3) is 6.15. The van der Waals surface area contributed by atoms with Crippen LogP contribution in [0.25, 0.3) is 0 Å². The summed E-state index contributed by atoms with van der Waals surface area (Å²) < 4.78 is 56.3. The molecule has 0 aliphatic carbocycles. The Kier molecular flexibility index (Phi) is 10.8. The predicted molar refractivity (Wildman–Crippen MR) is 99.2 cm³/mol. The van der Waals surface area contributed by atoms with Gasteiger partial charge in [-0.15, -0.1) is 24.8 Å². The maximum atomic E-state index is 13.4. The third-order valence-corrected chi connectivity index (χ3v) is 4.47. The summed E-state index contributed by atoms with van der Waals surface area (Å²) in [7, 11) is 0. The van der Waals surface area contributed by atoms with Gasteiger partial charge in [0, 0.05) is 37.8 Å². The van der Waals surface area contributed by atoms with Gasteiger partial charge in [-0.1, -0.05) is 38.5 Å². The van der Waals surface area contributed by atoms with Crippen molar-refractivity contribution in [3.05, 3.63) is 29.8 Å². The summed E-state index contributed by atoms with van der Waals surface area (Å²) in [5.41, 5.74) is 0.536. The fourth-order valence-electron chi connectivity index (χ4n) is 3.06. The number of benzene rings is 1. The Bertz CT molecular complexity index is 531. The number of ether oxygens (including phenoxy) is 1. The van der Waals surface area contributed by atoms with E-state index in [1.54, 1.807) is 12.1 Å². The van der Waals surface area contributed by atoms with Gasteiger partial charge in [0.2, 0.25) is 0 Å². The molecule has 3 nitrogen and oxygen atoms in total. The molecular formula is C17H26Cl2F4N2O. The van der Waals surface area contributed by atoms with Crippen molar-refractivity contribution >= 4 is 24.8 Å². The molecule has 1 fully saturated rings. The van der Waals surface area contributed by atoms with E-state index in [9.17, 15) is 17.6 Å². The summed E-state index contributed by atoms with van der Waals surface area (Å²) in [5, 5.41) is 3.25. The number of nitrogens with zero attached hydrogens (tertiary/aromatic N) is 1. The first kappa shape index (κ1) is 25.2. The Hall–Kier alpha value is -0.760. The zero-order chi connectivity index (χ0) is 17.7. The maximum Gasteiger partial charge on any atom is 0.461 e. The van der Waals surface area contributed by atoms with Gasteiger partial charge in [-0.3, -0.25) is 4.90 Å². The van der Waals surface area contributed by atoms with Gasteiger partial charge in [-0.25, -0.2) is 0 Å². The van der Waals surface area contributed by atoms with Gasteiger partial charge in [-0.2, -0.15) is 17.6 Å². The van der Waals surface area contributed by atoms with Gasteiger partial charge >= 0.3 is 12.5 Å². The molecule has 9 heteroatoms. The quantitative estimate of drug-likeness (QED) is 0.643. The van der Waals surface area contributed by atoms with Crippen molar-refractivity contribution in [1.29, 1.82) is 0 Å². The van der Waals surface area contributed by atoms with E-state index in [0.29, 0.717) is 5.56 Å². The highest BCUT2D eigenvalue weighted by molar-refractivity contribution is 5.85. The van der Waals surface area contributed by atoms with Crippen LogP contribution in [0.5, 0.6) is 5.75 Å². The van der Waals surface area contributed by atoms with Crippen LogP contribution >= 0.6 is 24.8 Å². The van der Waals surface area contributed by atoms with Gasteiger partial charge in [-0.05, 0) is 12.0 Å². The Morgan fingerprint density at radius 1 is 1.15 bits per heavy atom. The zero-order valence-corrected chi connectivity index (χ0v) is 16.4. The zero-order valence-electron chi connectivity index (χ0n) is 14.8. The highest BCUT2D eigenvalue weighted by Gasteiger charge is 2.45. The number of hydrogen-bond donors (Lipinski definition) is 1. The molecule has 2 rings (SSSR count). The topological polar surface area (TPSA) is 24.5 Å². The highest BCUT2D eigenvalue weighted by Crippen LogP contribution is 2.39. The number of rotatable bonds is 7. The predicted octanol–water partition coefficient (Wildman–Crippen LogP) is 4.76. The van der Waals surface area contributed by atoms with Crippen molar-refractivity contribution in [2.24, 2.45) is 5.92 Å². The lowest BCUT2D eigenvalue weighted by Crippen LogP contribution is -2.46. The molecule has 1 aromatic rings. The number of para-hydroxylation sites is 1. The van der Waals surface area contributed by atoms with Gasteiger partial charge < -0.3 is 10.1 Å². The normalized spacial score (nSPS) is 17.8. The van der Waals surface area contributed by atoms with Crippen molar-refractivity contribution in [2.75, 3.05) is 26.2 Å². The second kappa shape index (κ2) is 11.2. The molecule has 0 radical (unpaired) electrons. The van der Waals surface area contributed by atoms with E-state index in [0.717, 1.165) is 32.6 Å². The molecule has 26 heavy (non-hydrogen) atoms. The molecule has 0 aromatic heterocycles. The second-order valence-electron chi connectivity index (χ2n) is 6.12. The van der Waals surface area contributed by atoms with Crippen LogP contribution in [-0.4, -0.2) is 43.6 Å². The Morgan fingerprint density at radius 3 is 2.27 bits per heavy atom. The van der Waals surface area contributed by atoms with Crippen LogP contribution < -0.4 is 10.1 Å². The monoisotopic (exact) mass is 420 g/mol. The molecule has 1 heterocycles. The highest BCUT2D eigenvalue weighted by atomic mass is 35.5. The summed E-state index contributed by atoms with van der Waals surface area (Å²) in [6.45, 7) is 7.22. The first-order chi connectivity index (χ1) is 11.4. The lowest BCUT2D eigenvalue weighted by atomic mass is 9.90. The van der Waals surface area contributed by atoms with Crippen LogP contribution in [0.1, 0.15) is 31.9 Å². The third-order valence-electron chi connectivity index (χ3n) is 4.47. The van der Waals surface area contributed by atoms with Crippen LogP contribution in [0.2, 0.25) is 0 Å². The average Bonchev–Trinajstić information content (AvgIpc) is 2.57. The Labute approximate surface area is 164 Å². The van der Waals surface area contributed by atoms with Crippen molar-refractivity contribution in [3.63, 3.8) is 0 Å².